The predicted octanol–water partition coefficient (Wildman–Crippen LogP) is 3.45. The molecule has 3 heteroatoms. The van der Waals surface area contributed by atoms with Gasteiger partial charge in [-0.2, -0.15) is 0 Å². The summed E-state index contributed by atoms with van der Waals surface area (Å²) in [6.07, 6.45) is 0.562. The zero-order valence-electron chi connectivity index (χ0n) is 6.79. The lowest BCUT2D eigenvalue weighted by atomic mass is 10.1. The summed E-state index contributed by atoms with van der Waals surface area (Å²) in [5.41, 5.74) is 2.27. The van der Waals surface area contributed by atoms with Gasteiger partial charge in [0.1, 0.15) is 0 Å². The standard InChI is InChI=1S/C10H7BrOS/c11-9-3-1-7(2-4-9)8-5-10(12)13-6-8/h1-4,6H,5H2. The van der Waals surface area contributed by atoms with E-state index in [0.717, 1.165) is 15.6 Å². The smallest absolute Gasteiger partial charge is 0.197 e. The van der Waals surface area contributed by atoms with Crippen LogP contribution in [-0.2, 0) is 4.79 Å². The zero-order valence-corrected chi connectivity index (χ0v) is 9.19. The first-order chi connectivity index (χ1) is 6.25. The van der Waals surface area contributed by atoms with Crippen LogP contribution in [0.15, 0.2) is 34.1 Å². The van der Waals surface area contributed by atoms with Crippen molar-refractivity contribution >= 4 is 38.4 Å². The SMILES string of the molecule is O=C1CC(c2ccc(Br)cc2)=CS1. The van der Waals surface area contributed by atoms with Gasteiger partial charge >= 0.3 is 0 Å². The molecular weight excluding hydrogens is 248 g/mol. The number of rotatable bonds is 1. The van der Waals surface area contributed by atoms with Gasteiger partial charge in [0.15, 0.2) is 5.12 Å². The van der Waals surface area contributed by atoms with E-state index in [1.54, 1.807) is 0 Å². The predicted molar refractivity (Wildman–Crippen MR) is 59.3 cm³/mol. The number of benzene rings is 1. The number of hydrogen-bond donors (Lipinski definition) is 0. The van der Waals surface area contributed by atoms with Crippen molar-refractivity contribution in [3.63, 3.8) is 0 Å². The first-order valence-corrected chi connectivity index (χ1v) is 5.57. The van der Waals surface area contributed by atoms with Crippen LogP contribution in [-0.4, -0.2) is 5.12 Å². The fourth-order valence-corrected chi connectivity index (χ4v) is 2.21. The van der Waals surface area contributed by atoms with Gasteiger partial charge in [0.05, 0.1) is 0 Å². The van der Waals surface area contributed by atoms with Crippen molar-refractivity contribution in [2.75, 3.05) is 0 Å². The maximum atomic E-state index is 11.0. The molecule has 0 aromatic heterocycles. The second kappa shape index (κ2) is 3.68. The Kier molecular flexibility index (Phi) is 2.56. The van der Waals surface area contributed by atoms with Crippen LogP contribution in [0.4, 0.5) is 0 Å². The van der Waals surface area contributed by atoms with Crippen LogP contribution in [0.5, 0.6) is 0 Å². The fraction of sp³-hybridized carbons (Fsp3) is 0.100. The van der Waals surface area contributed by atoms with Gasteiger partial charge in [-0.25, -0.2) is 0 Å². The second-order valence-corrected chi connectivity index (χ2v) is 4.66. The van der Waals surface area contributed by atoms with E-state index in [-0.39, 0.29) is 5.12 Å². The number of thioether (sulfide) groups is 1. The van der Waals surface area contributed by atoms with Gasteiger partial charge in [-0.05, 0) is 28.7 Å². The highest BCUT2D eigenvalue weighted by Crippen LogP contribution is 2.31. The Hall–Kier alpha value is -0.540. The van der Waals surface area contributed by atoms with Crippen LogP contribution in [0.25, 0.3) is 5.57 Å². The normalized spacial score (nSPS) is 16.1. The Bertz CT molecular complexity index is 367. The number of allylic oxidation sites excluding steroid dienone is 1. The molecule has 0 saturated heterocycles. The Morgan fingerprint density at radius 3 is 2.46 bits per heavy atom. The Morgan fingerprint density at radius 1 is 1.23 bits per heavy atom. The molecule has 1 heterocycles. The molecular formula is C10H7BrOS. The van der Waals surface area contributed by atoms with Crippen LogP contribution in [0, 0.1) is 0 Å². The van der Waals surface area contributed by atoms with Crippen LogP contribution < -0.4 is 0 Å². The van der Waals surface area contributed by atoms with Crippen LogP contribution in [0.2, 0.25) is 0 Å². The van der Waals surface area contributed by atoms with Crippen LogP contribution in [0.3, 0.4) is 0 Å². The third kappa shape index (κ3) is 2.03. The van der Waals surface area contributed by atoms with Crippen molar-refractivity contribution < 1.29 is 4.79 Å². The topological polar surface area (TPSA) is 17.1 Å². The third-order valence-electron chi connectivity index (χ3n) is 1.88. The Morgan fingerprint density at radius 2 is 1.92 bits per heavy atom. The van der Waals surface area contributed by atoms with E-state index in [1.165, 1.54) is 11.8 Å². The number of carbonyl (C=O) groups excluding carboxylic acids is 1. The molecule has 0 aliphatic carbocycles. The van der Waals surface area contributed by atoms with Gasteiger partial charge in [-0.1, -0.05) is 39.8 Å². The molecule has 0 unspecified atom stereocenters. The van der Waals surface area contributed by atoms with Crippen molar-refractivity contribution in [3.05, 3.63) is 39.7 Å². The highest BCUT2D eigenvalue weighted by atomic mass is 79.9. The zero-order chi connectivity index (χ0) is 9.26. The molecule has 13 heavy (non-hydrogen) atoms. The molecule has 0 saturated carbocycles. The largest absolute Gasteiger partial charge is 0.286 e. The van der Waals surface area contributed by atoms with E-state index in [0.29, 0.717) is 6.42 Å². The van der Waals surface area contributed by atoms with Crippen molar-refractivity contribution in [1.29, 1.82) is 0 Å². The maximum absolute atomic E-state index is 11.0. The van der Waals surface area contributed by atoms with Gasteiger partial charge in [0.2, 0.25) is 0 Å². The molecule has 0 fully saturated rings. The van der Waals surface area contributed by atoms with Crippen LogP contribution >= 0.6 is 27.7 Å². The molecule has 1 aliphatic heterocycles. The molecule has 2 rings (SSSR count). The quantitative estimate of drug-likeness (QED) is 0.764. The average molecular weight is 255 g/mol. The van der Waals surface area contributed by atoms with Gasteiger partial charge in [0.25, 0.3) is 0 Å². The minimum Gasteiger partial charge on any atom is -0.286 e. The lowest BCUT2D eigenvalue weighted by Crippen LogP contribution is -1.85. The molecule has 0 N–H and O–H groups in total. The summed E-state index contributed by atoms with van der Waals surface area (Å²) in [5, 5.41) is 2.17. The molecule has 1 nitrogen and oxygen atoms in total. The van der Waals surface area contributed by atoms with E-state index in [2.05, 4.69) is 15.9 Å². The molecule has 66 valence electrons. The van der Waals surface area contributed by atoms with Crippen molar-refractivity contribution in [2.24, 2.45) is 0 Å². The van der Waals surface area contributed by atoms with Gasteiger partial charge in [-0.3, -0.25) is 4.79 Å². The Labute approximate surface area is 89.3 Å². The summed E-state index contributed by atoms with van der Waals surface area (Å²) in [5.74, 6) is 0. The summed E-state index contributed by atoms with van der Waals surface area (Å²) in [6, 6.07) is 8.03. The summed E-state index contributed by atoms with van der Waals surface area (Å²) >= 11 is 4.67. The first-order valence-electron chi connectivity index (χ1n) is 3.90. The maximum Gasteiger partial charge on any atom is 0.197 e. The molecule has 0 radical (unpaired) electrons. The first kappa shape index (κ1) is 9.03. The van der Waals surface area contributed by atoms with Gasteiger partial charge in [0, 0.05) is 10.9 Å². The lowest BCUT2D eigenvalue weighted by Gasteiger charge is -1.99. The number of halogens is 1. The molecule has 1 aromatic carbocycles. The van der Waals surface area contributed by atoms with Crippen LogP contribution in [0.1, 0.15) is 12.0 Å². The van der Waals surface area contributed by atoms with Crippen molar-refractivity contribution in [1.82, 2.24) is 0 Å². The van der Waals surface area contributed by atoms with Gasteiger partial charge in [-0.15, -0.1) is 0 Å². The number of hydrogen-bond acceptors (Lipinski definition) is 2. The summed E-state index contributed by atoms with van der Waals surface area (Å²) in [6.45, 7) is 0. The van der Waals surface area contributed by atoms with E-state index >= 15 is 0 Å². The molecule has 0 amide bonds. The molecule has 0 spiro atoms. The fourth-order valence-electron chi connectivity index (χ4n) is 1.21. The average Bonchev–Trinajstić information content (AvgIpc) is 2.53. The van der Waals surface area contributed by atoms with Crippen molar-refractivity contribution in [3.8, 4) is 0 Å². The number of carbonyl (C=O) groups is 1. The third-order valence-corrected chi connectivity index (χ3v) is 3.22. The minimum absolute atomic E-state index is 0.234. The van der Waals surface area contributed by atoms with E-state index < -0.39 is 0 Å². The summed E-state index contributed by atoms with van der Waals surface area (Å²) in [7, 11) is 0. The minimum atomic E-state index is 0.234. The second-order valence-electron chi connectivity index (χ2n) is 2.82. The van der Waals surface area contributed by atoms with E-state index in [4.69, 9.17) is 0 Å². The summed E-state index contributed by atoms with van der Waals surface area (Å²) < 4.78 is 1.06. The summed E-state index contributed by atoms with van der Waals surface area (Å²) in [4.78, 5) is 11.0. The monoisotopic (exact) mass is 254 g/mol. The van der Waals surface area contributed by atoms with E-state index in [1.807, 2.05) is 29.7 Å². The highest BCUT2D eigenvalue weighted by Gasteiger charge is 2.14. The van der Waals surface area contributed by atoms with Gasteiger partial charge < -0.3 is 0 Å². The molecule has 1 aromatic rings. The highest BCUT2D eigenvalue weighted by molar-refractivity contribution is 9.10. The lowest BCUT2D eigenvalue weighted by molar-refractivity contribution is -0.109. The molecule has 0 bridgehead atoms. The molecule has 0 atom stereocenters. The Balaban J connectivity index is 2.27. The van der Waals surface area contributed by atoms with E-state index in [9.17, 15) is 4.79 Å². The van der Waals surface area contributed by atoms with Crippen molar-refractivity contribution in [2.45, 2.75) is 6.42 Å². The molecule has 1 aliphatic rings.